The highest BCUT2D eigenvalue weighted by atomic mass is 35.5. The molecule has 0 saturated carbocycles. The number of hydrogen-bond acceptors (Lipinski definition) is 1. The van der Waals surface area contributed by atoms with Gasteiger partial charge in [0.15, 0.2) is 0 Å². The van der Waals surface area contributed by atoms with Crippen molar-refractivity contribution >= 4 is 11.6 Å². The van der Waals surface area contributed by atoms with Crippen LogP contribution in [-0.2, 0) is 0 Å². The molecule has 2 heteroatoms. The summed E-state index contributed by atoms with van der Waals surface area (Å²) in [5, 5.41) is 3.48. The van der Waals surface area contributed by atoms with E-state index in [4.69, 9.17) is 11.6 Å². The van der Waals surface area contributed by atoms with Gasteiger partial charge in [0.2, 0.25) is 0 Å². The van der Waals surface area contributed by atoms with Crippen LogP contribution in [0.4, 0.5) is 0 Å². The van der Waals surface area contributed by atoms with Gasteiger partial charge in [-0.15, -0.1) is 11.6 Å². The zero-order chi connectivity index (χ0) is 9.45. The Morgan fingerprint density at radius 1 is 1.25 bits per heavy atom. The summed E-state index contributed by atoms with van der Waals surface area (Å²) < 4.78 is 0. The molecule has 0 aromatic rings. The highest BCUT2D eigenvalue weighted by Crippen LogP contribution is 2.12. The summed E-state index contributed by atoms with van der Waals surface area (Å²) in [6, 6.07) is 0. The maximum Gasteiger partial charge on any atom is 0.0404 e. The largest absolute Gasteiger partial charge is 0.308 e. The van der Waals surface area contributed by atoms with E-state index in [-0.39, 0.29) is 5.54 Å². The van der Waals surface area contributed by atoms with Crippen molar-refractivity contribution in [1.29, 1.82) is 0 Å². The molecule has 0 fully saturated rings. The van der Waals surface area contributed by atoms with Gasteiger partial charge in [-0.3, -0.25) is 0 Å². The van der Waals surface area contributed by atoms with Crippen molar-refractivity contribution in [1.82, 2.24) is 5.32 Å². The Morgan fingerprint density at radius 3 is 2.25 bits per heavy atom. The first-order valence-electron chi connectivity index (χ1n) is 4.64. The molecule has 1 N–H and O–H groups in total. The van der Waals surface area contributed by atoms with Crippen LogP contribution in [0.15, 0.2) is 12.2 Å². The molecular weight excluding hydrogens is 170 g/mol. The van der Waals surface area contributed by atoms with E-state index >= 15 is 0 Å². The van der Waals surface area contributed by atoms with Crippen molar-refractivity contribution in [2.24, 2.45) is 0 Å². The SMILES string of the molecule is CCC(C)(CC)NC/C=C/CCl. The van der Waals surface area contributed by atoms with Gasteiger partial charge in [0.05, 0.1) is 0 Å². The molecule has 0 unspecified atom stereocenters. The molecule has 0 aliphatic rings. The van der Waals surface area contributed by atoms with Crippen LogP contribution in [0.1, 0.15) is 33.6 Å². The van der Waals surface area contributed by atoms with Gasteiger partial charge in [0.1, 0.15) is 0 Å². The number of hydrogen-bond donors (Lipinski definition) is 1. The van der Waals surface area contributed by atoms with Gasteiger partial charge in [0.25, 0.3) is 0 Å². The van der Waals surface area contributed by atoms with Crippen LogP contribution in [0.5, 0.6) is 0 Å². The Kier molecular flexibility index (Phi) is 6.49. The lowest BCUT2D eigenvalue weighted by Gasteiger charge is -2.27. The maximum atomic E-state index is 5.50. The first kappa shape index (κ1) is 12.0. The fourth-order valence-electron chi connectivity index (χ4n) is 0.952. The van der Waals surface area contributed by atoms with E-state index in [1.54, 1.807) is 0 Å². The van der Waals surface area contributed by atoms with Crippen LogP contribution in [0.2, 0.25) is 0 Å². The van der Waals surface area contributed by atoms with E-state index in [0.29, 0.717) is 5.88 Å². The van der Waals surface area contributed by atoms with Crippen molar-refractivity contribution in [2.75, 3.05) is 12.4 Å². The number of allylic oxidation sites excluding steroid dienone is 1. The van der Waals surface area contributed by atoms with Crippen molar-refractivity contribution in [3.05, 3.63) is 12.2 Å². The normalized spacial score (nSPS) is 12.7. The maximum absolute atomic E-state index is 5.50. The monoisotopic (exact) mass is 189 g/mol. The predicted molar refractivity (Wildman–Crippen MR) is 56.8 cm³/mol. The molecule has 12 heavy (non-hydrogen) atoms. The van der Waals surface area contributed by atoms with Crippen LogP contribution in [0.3, 0.4) is 0 Å². The quantitative estimate of drug-likeness (QED) is 0.501. The van der Waals surface area contributed by atoms with E-state index in [1.807, 2.05) is 6.08 Å². The molecule has 0 aromatic carbocycles. The highest BCUT2D eigenvalue weighted by Gasteiger charge is 2.16. The smallest absolute Gasteiger partial charge is 0.0404 e. The standard InChI is InChI=1S/C10H20ClN/c1-4-10(3,5-2)12-9-7-6-8-11/h6-7,12H,4-5,8-9H2,1-3H3/b7-6+. The van der Waals surface area contributed by atoms with Crippen molar-refractivity contribution in [3.63, 3.8) is 0 Å². The predicted octanol–water partition coefficient (Wildman–Crippen LogP) is 2.95. The molecule has 72 valence electrons. The van der Waals surface area contributed by atoms with Crippen LogP contribution in [0, 0.1) is 0 Å². The Balaban J connectivity index is 3.65. The Labute approximate surface area is 81.2 Å². The molecule has 0 amide bonds. The minimum absolute atomic E-state index is 0.288. The summed E-state index contributed by atoms with van der Waals surface area (Å²) in [4.78, 5) is 0. The third-order valence-corrected chi connectivity index (χ3v) is 2.64. The molecule has 0 rings (SSSR count). The highest BCUT2D eigenvalue weighted by molar-refractivity contribution is 6.18. The van der Waals surface area contributed by atoms with Gasteiger partial charge in [-0.25, -0.2) is 0 Å². The third kappa shape index (κ3) is 4.78. The van der Waals surface area contributed by atoms with Gasteiger partial charge < -0.3 is 5.32 Å². The van der Waals surface area contributed by atoms with E-state index < -0.39 is 0 Å². The van der Waals surface area contributed by atoms with Gasteiger partial charge >= 0.3 is 0 Å². The molecule has 0 saturated heterocycles. The summed E-state index contributed by atoms with van der Waals surface area (Å²) in [5.74, 6) is 0.608. The molecule has 0 radical (unpaired) electrons. The van der Waals surface area contributed by atoms with E-state index in [1.165, 1.54) is 0 Å². The minimum atomic E-state index is 0.288. The van der Waals surface area contributed by atoms with Crippen molar-refractivity contribution < 1.29 is 0 Å². The van der Waals surface area contributed by atoms with Crippen molar-refractivity contribution in [3.8, 4) is 0 Å². The summed E-state index contributed by atoms with van der Waals surface area (Å²) in [6.07, 6.45) is 6.38. The molecule has 0 atom stereocenters. The van der Waals surface area contributed by atoms with Gasteiger partial charge in [-0.2, -0.15) is 0 Å². The number of halogens is 1. The van der Waals surface area contributed by atoms with Gasteiger partial charge in [0, 0.05) is 18.0 Å². The lowest BCUT2D eigenvalue weighted by Crippen LogP contribution is -2.41. The molecule has 0 aliphatic heterocycles. The van der Waals surface area contributed by atoms with E-state index in [2.05, 4.69) is 32.2 Å². The first-order chi connectivity index (χ1) is 5.68. The summed E-state index contributed by atoms with van der Waals surface area (Å²) in [6.45, 7) is 7.59. The third-order valence-electron chi connectivity index (χ3n) is 2.46. The van der Waals surface area contributed by atoms with Crippen LogP contribution in [0.25, 0.3) is 0 Å². The van der Waals surface area contributed by atoms with E-state index in [9.17, 15) is 0 Å². The zero-order valence-electron chi connectivity index (χ0n) is 8.36. The second-order valence-electron chi connectivity index (χ2n) is 3.27. The van der Waals surface area contributed by atoms with Crippen LogP contribution < -0.4 is 5.32 Å². The van der Waals surface area contributed by atoms with Crippen LogP contribution in [-0.4, -0.2) is 18.0 Å². The number of rotatable bonds is 6. The second kappa shape index (κ2) is 6.50. The number of nitrogens with one attached hydrogen (secondary N) is 1. The molecule has 0 bridgehead atoms. The minimum Gasteiger partial charge on any atom is -0.308 e. The average Bonchev–Trinajstić information content (AvgIpc) is 2.12. The van der Waals surface area contributed by atoms with Gasteiger partial charge in [-0.05, 0) is 19.8 Å². The lowest BCUT2D eigenvalue weighted by molar-refractivity contribution is 0.346. The molecule has 1 nitrogen and oxygen atoms in total. The Morgan fingerprint density at radius 2 is 1.83 bits per heavy atom. The molecule has 0 spiro atoms. The fraction of sp³-hybridized carbons (Fsp3) is 0.800. The molecular formula is C10H20ClN. The topological polar surface area (TPSA) is 12.0 Å². The van der Waals surface area contributed by atoms with Crippen molar-refractivity contribution in [2.45, 2.75) is 39.2 Å². The second-order valence-corrected chi connectivity index (χ2v) is 3.58. The number of alkyl halides is 1. The molecule has 0 aromatic heterocycles. The zero-order valence-corrected chi connectivity index (χ0v) is 9.12. The van der Waals surface area contributed by atoms with E-state index in [0.717, 1.165) is 19.4 Å². The Hall–Kier alpha value is -0.0100. The summed E-state index contributed by atoms with van der Waals surface area (Å²) in [5.41, 5.74) is 0.288. The average molecular weight is 190 g/mol. The van der Waals surface area contributed by atoms with Gasteiger partial charge in [-0.1, -0.05) is 26.0 Å². The lowest BCUT2D eigenvalue weighted by atomic mass is 9.96. The Bertz CT molecular complexity index is 128. The summed E-state index contributed by atoms with van der Waals surface area (Å²) >= 11 is 5.50. The molecule has 0 heterocycles. The fourth-order valence-corrected chi connectivity index (χ4v) is 1.08. The van der Waals surface area contributed by atoms with Crippen LogP contribution >= 0.6 is 11.6 Å². The first-order valence-corrected chi connectivity index (χ1v) is 5.18. The summed E-state index contributed by atoms with van der Waals surface area (Å²) in [7, 11) is 0. The molecule has 0 aliphatic carbocycles.